The predicted molar refractivity (Wildman–Crippen MR) is 83.0 cm³/mol. The van der Waals surface area contributed by atoms with Gasteiger partial charge in [-0.25, -0.2) is 4.99 Å². The van der Waals surface area contributed by atoms with Gasteiger partial charge in [0.25, 0.3) is 0 Å². The Morgan fingerprint density at radius 3 is 2.75 bits per heavy atom. The second kappa shape index (κ2) is 4.89. The van der Waals surface area contributed by atoms with E-state index in [9.17, 15) is 0 Å². The smallest absolute Gasteiger partial charge is 0.146 e. The van der Waals surface area contributed by atoms with Crippen molar-refractivity contribution in [1.82, 2.24) is 0 Å². The molecular weight excluding hydrogens is 250 g/mol. The van der Waals surface area contributed by atoms with Crippen LogP contribution in [0.1, 0.15) is 11.1 Å². The van der Waals surface area contributed by atoms with Crippen molar-refractivity contribution in [2.75, 3.05) is 17.7 Å². The van der Waals surface area contributed by atoms with E-state index in [0.717, 1.165) is 23.0 Å². The molecule has 2 aromatic carbocycles. The quantitative estimate of drug-likeness (QED) is 0.778. The largest absolute Gasteiger partial charge is 0.483 e. The van der Waals surface area contributed by atoms with Gasteiger partial charge >= 0.3 is 0 Å². The molecule has 1 aliphatic heterocycles. The van der Waals surface area contributed by atoms with Crippen molar-refractivity contribution in [3.05, 3.63) is 47.5 Å². The maximum absolute atomic E-state index is 5.77. The highest BCUT2D eigenvalue weighted by Crippen LogP contribution is 2.32. The third-order valence-electron chi connectivity index (χ3n) is 3.40. The lowest BCUT2D eigenvalue weighted by atomic mass is 10.1. The van der Waals surface area contributed by atoms with Crippen molar-refractivity contribution in [2.45, 2.75) is 13.8 Å². The Balaban J connectivity index is 1.86. The highest BCUT2D eigenvalue weighted by Gasteiger charge is 2.13. The molecule has 4 nitrogen and oxygen atoms in total. The van der Waals surface area contributed by atoms with Gasteiger partial charge in [0.2, 0.25) is 0 Å². The van der Waals surface area contributed by atoms with Crippen molar-refractivity contribution in [2.24, 2.45) is 4.99 Å². The first-order chi connectivity index (χ1) is 9.61. The fourth-order valence-corrected chi connectivity index (χ4v) is 2.12. The molecule has 1 aliphatic rings. The van der Waals surface area contributed by atoms with Gasteiger partial charge in [-0.3, -0.25) is 0 Å². The molecule has 2 aromatic rings. The minimum atomic E-state index is 0.434. The van der Waals surface area contributed by atoms with Crippen LogP contribution in [0.5, 0.6) is 5.75 Å². The maximum Gasteiger partial charge on any atom is 0.146 e. The van der Waals surface area contributed by atoms with Crippen molar-refractivity contribution < 1.29 is 4.74 Å². The van der Waals surface area contributed by atoms with Crippen LogP contribution in [0.25, 0.3) is 0 Å². The Kier molecular flexibility index (Phi) is 3.06. The van der Waals surface area contributed by atoms with Gasteiger partial charge in [0.15, 0.2) is 0 Å². The number of fused-ring (bicyclic) bond motifs is 1. The van der Waals surface area contributed by atoms with Crippen LogP contribution < -0.4 is 15.8 Å². The number of nitrogens with two attached hydrogens (primary N) is 1. The molecule has 102 valence electrons. The number of ether oxygens (including phenoxy) is 1. The number of anilines is 2. The Morgan fingerprint density at radius 2 is 1.95 bits per heavy atom. The number of aliphatic imine (C=N–C) groups is 1. The lowest BCUT2D eigenvalue weighted by Crippen LogP contribution is -2.23. The van der Waals surface area contributed by atoms with Crippen molar-refractivity contribution in [3.8, 4) is 5.75 Å². The average molecular weight is 267 g/mol. The molecule has 0 saturated heterocycles. The molecule has 3 rings (SSSR count). The van der Waals surface area contributed by atoms with Gasteiger partial charge in [-0.2, -0.15) is 0 Å². The molecule has 20 heavy (non-hydrogen) atoms. The Morgan fingerprint density at radius 1 is 1.10 bits per heavy atom. The SMILES string of the molecule is Cc1ccc(NC2=Nc3cc(N)ccc3OC2)cc1C. The first-order valence-corrected chi connectivity index (χ1v) is 6.56. The summed E-state index contributed by atoms with van der Waals surface area (Å²) in [5, 5.41) is 3.29. The zero-order valence-electron chi connectivity index (χ0n) is 11.6. The topological polar surface area (TPSA) is 59.6 Å². The average Bonchev–Trinajstić information content (AvgIpc) is 2.42. The predicted octanol–water partition coefficient (Wildman–Crippen LogP) is 3.42. The summed E-state index contributed by atoms with van der Waals surface area (Å²) in [5.74, 6) is 1.55. The number of benzene rings is 2. The zero-order chi connectivity index (χ0) is 14.1. The monoisotopic (exact) mass is 267 g/mol. The summed E-state index contributed by atoms with van der Waals surface area (Å²) in [4.78, 5) is 4.55. The zero-order valence-corrected chi connectivity index (χ0v) is 11.6. The number of rotatable bonds is 1. The van der Waals surface area contributed by atoms with Crippen LogP contribution in [0, 0.1) is 13.8 Å². The van der Waals surface area contributed by atoms with E-state index in [-0.39, 0.29) is 0 Å². The van der Waals surface area contributed by atoms with E-state index in [1.54, 1.807) is 0 Å². The molecule has 0 atom stereocenters. The van der Waals surface area contributed by atoms with Crippen LogP contribution in [0.4, 0.5) is 17.1 Å². The summed E-state index contributed by atoms with van der Waals surface area (Å²) >= 11 is 0. The summed E-state index contributed by atoms with van der Waals surface area (Å²) in [5.41, 5.74) is 10.8. The molecule has 0 bridgehead atoms. The van der Waals surface area contributed by atoms with Crippen LogP contribution in [-0.2, 0) is 0 Å². The van der Waals surface area contributed by atoms with Crippen LogP contribution in [-0.4, -0.2) is 12.4 Å². The molecule has 0 amide bonds. The van der Waals surface area contributed by atoms with Crippen molar-refractivity contribution >= 4 is 22.9 Å². The van der Waals surface area contributed by atoms with E-state index < -0.39 is 0 Å². The van der Waals surface area contributed by atoms with E-state index in [1.165, 1.54) is 11.1 Å². The van der Waals surface area contributed by atoms with E-state index in [0.29, 0.717) is 12.3 Å². The first-order valence-electron chi connectivity index (χ1n) is 6.56. The number of nitrogen functional groups attached to an aromatic ring is 1. The highest BCUT2D eigenvalue weighted by molar-refractivity contribution is 5.99. The molecule has 0 unspecified atom stereocenters. The van der Waals surface area contributed by atoms with E-state index in [2.05, 4.69) is 36.3 Å². The summed E-state index contributed by atoms with van der Waals surface area (Å²) in [6, 6.07) is 11.7. The fourth-order valence-electron chi connectivity index (χ4n) is 2.12. The standard InChI is InChI=1S/C16H17N3O/c1-10-3-5-13(7-11(10)2)18-16-9-20-15-6-4-12(17)8-14(15)19-16/h3-8H,9,17H2,1-2H3,(H,18,19). The molecule has 0 fully saturated rings. The Bertz CT molecular complexity index is 692. The number of nitrogens with one attached hydrogen (secondary N) is 1. The summed E-state index contributed by atoms with van der Waals surface area (Å²) in [6.07, 6.45) is 0. The molecule has 4 heteroatoms. The Labute approximate surface area is 118 Å². The minimum Gasteiger partial charge on any atom is -0.483 e. The lowest BCUT2D eigenvalue weighted by molar-refractivity contribution is 0.372. The van der Waals surface area contributed by atoms with Crippen LogP contribution in [0.3, 0.4) is 0 Å². The second-order valence-electron chi connectivity index (χ2n) is 5.00. The van der Waals surface area contributed by atoms with Crippen LogP contribution in [0.2, 0.25) is 0 Å². The third kappa shape index (κ3) is 2.45. The molecule has 0 radical (unpaired) electrons. The lowest BCUT2D eigenvalue weighted by Gasteiger charge is -2.18. The Hall–Kier alpha value is -2.49. The minimum absolute atomic E-state index is 0.434. The number of hydrogen-bond acceptors (Lipinski definition) is 4. The molecule has 0 aromatic heterocycles. The molecule has 3 N–H and O–H groups in total. The highest BCUT2D eigenvalue weighted by atomic mass is 16.5. The molecule has 1 heterocycles. The van der Waals surface area contributed by atoms with Gasteiger partial charge in [-0.15, -0.1) is 0 Å². The van der Waals surface area contributed by atoms with Crippen molar-refractivity contribution in [3.63, 3.8) is 0 Å². The van der Waals surface area contributed by atoms with Crippen LogP contribution >= 0.6 is 0 Å². The van der Waals surface area contributed by atoms with E-state index in [4.69, 9.17) is 10.5 Å². The van der Waals surface area contributed by atoms with Gasteiger partial charge < -0.3 is 15.8 Å². The summed E-state index contributed by atoms with van der Waals surface area (Å²) in [6.45, 7) is 4.62. The number of nitrogens with zero attached hydrogens (tertiary/aromatic N) is 1. The molecule has 0 saturated carbocycles. The molecular formula is C16H17N3O. The normalized spacial score (nSPS) is 13.2. The fraction of sp³-hybridized carbons (Fsp3) is 0.188. The van der Waals surface area contributed by atoms with Gasteiger partial charge in [0, 0.05) is 11.4 Å². The second-order valence-corrected chi connectivity index (χ2v) is 5.00. The first kappa shape index (κ1) is 12.5. The number of hydrogen-bond donors (Lipinski definition) is 2. The van der Waals surface area contributed by atoms with Crippen LogP contribution in [0.15, 0.2) is 41.4 Å². The number of amidine groups is 1. The van der Waals surface area contributed by atoms with E-state index in [1.807, 2.05) is 24.3 Å². The van der Waals surface area contributed by atoms with Gasteiger partial charge in [0.05, 0.1) is 0 Å². The summed E-state index contributed by atoms with van der Waals surface area (Å²) in [7, 11) is 0. The van der Waals surface area contributed by atoms with Gasteiger partial charge in [0.1, 0.15) is 23.9 Å². The molecule has 0 spiro atoms. The van der Waals surface area contributed by atoms with Gasteiger partial charge in [-0.05, 0) is 55.3 Å². The number of aryl methyl sites for hydroxylation is 2. The summed E-state index contributed by atoms with van der Waals surface area (Å²) < 4.78 is 5.67. The molecule has 0 aliphatic carbocycles. The van der Waals surface area contributed by atoms with Gasteiger partial charge in [-0.1, -0.05) is 6.07 Å². The third-order valence-corrected chi connectivity index (χ3v) is 3.40. The van der Waals surface area contributed by atoms with Crippen molar-refractivity contribution in [1.29, 1.82) is 0 Å². The van der Waals surface area contributed by atoms with E-state index >= 15 is 0 Å². The maximum atomic E-state index is 5.77.